The Morgan fingerprint density at radius 3 is 2.58 bits per heavy atom. The predicted molar refractivity (Wildman–Crippen MR) is 114 cm³/mol. The van der Waals surface area contributed by atoms with Crippen molar-refractivity contribution in [1.82, 2.24) is 25.2 Å². The maximum Gasteiger partial charge on any atom is 0.266 e. The number of hydrogen-bond donors (Lipinski definition) is 1. The molecule has 4 aromatic rings. The summed E-state index contributed by atoms with van der Waals surface area (Å²) in [5.41, 5.74) is 4.06. The van der Waals surface area contributed by atoms with Gasteiger partial charge in [0.25, 0.3) is 11.3 Å². The Morgan fingerprint density at radius 1 is 1.10 bits per heavy atom. The first-order valence-corrected chi connectivity index (χ1v) is 10.0. The Bertz CT molecular complexity index is 1260. The summed E-state index contributed by atoms with van der Waals surface area (Å²) in [6, 6.07) is 7.65. The van der Waals surface area contributed by atoms with Crippen LogP contribution in [0.2, 0.25) is 0 Å². The van der Waals surface area contributed by atoms with E-state index in [1.165, 1.54) is 10.9 Å². The molecule has 1 amide bonds. The van der Waals surface area contributed by atoms with Crippen LogP contribution in [0.1, 0.15) is 29.0 Å². The number of hydrogen-bond acceptors (Lipinski definition) is 7. The van der Waals surface area contributed by atoms with Crippen LogP contribution in [0.5, 0.6) is 0 Å². The summed E-state index contributed by atoms with van der Waals surface area (Å²) in [5.74, 6) is 0.610. The predicted octanol–water partition coefficient (Wildman–Crippen LogP) is 2.71. The van der Waals surface area contributed by atoms with Crippen molar-refractivity contribution in [3.63, 3.8) is 0 Å². The number of fused-ring (bicyclic) bond motifs is 1. The van der Waals surface area contributed by atoms with Crippen LogP contribution >= 0.6 is 0 Å². The highest BCUT2D eigenvalue weighted by molar-refractivity contribution is 5.88. The highest BCUT2D eigenvalue weighted by atomic mass is 16.5. The molecule has 9 nitrogen and oxygen atoms in total. The number of aromatic nitrogens is 4. The van der Waals surface area contributed by atoms with Crippen molar-refractivity contribution in [2.45, 2.75) is 40.2 Å². The Labute approximate surface area is 178 Å². The second-order valence-corrected chi connectivity index (χ2v) is 7.47. The molecule has 0 bridgehead atoms. The topological polar surface area (TPSA) is 116 Å². The minimum absolute atomic E-state index is 0.150. The molecule has 0 spiro atoms. The Morgan fingerprint density at radius 2 is 1.87 bits per heavy atom. The van der Waals surface area contributed by atoms with Crippen LogP contribution < -0.4 is 10.9 Å². The number of rotatable bonds is 7. The zero-order valence-electron chi connectivity index (χ0n) is 17.6. The molecule has 31 heavy (non-hydrogen) atoms. The smallest absolute Gasteiger partial charge is 0.266 e. The van der Waals surface area contributed by atoms with Crippen LogP contribution in [0, 0.1) is 20.8 Å². The van der Waals surface area contributed by atoms with Crippen LogP contribution in [0.3, 0.4) is 0 Å². The van der Waals surface area contributed by atoms with Gasteiger partial charge in [-0.05, 0) is 27.2 Å². The second kappa shape index (κ2) is 8.55. The third-order valence-electron chi connectivity index (χ3n) is 5.25. The van der Waals surface area contributed by atoms with Crippen LogP contribution in [0.25, 0.3) is 22.4 Å². The maximum absolute atomic E-state index is 13.0. The number of nitrogens with one attached hydrogen (secondary N) is 1. The van der Waals surface area contributed by atoms with Crippen LogP contribution in [-0.4, -0.2) is 32.3 Å². The minimum Gasteiger partial charge on any atom is -0.361 e. The molecule has 0 atom stereocenters. The molecule has 0 aliphatic rings. The summed E-state index contributed by atoms with van der Waals surface area (Å²) < 4.78 is 11.8. The summed E-state index contributed by atoms with van der Waals surface area (Å²) in [6.07, 6.45) is 2.17. The Kier molecular flexibility index (Phi) is 5.66. The van der Waals surface area contributed by atoms with Crippen molar-refractivity contribution in [3.8, 4) is 11.3 Å². The zero-order valence-corrected chi connectivity index (χ0v) is 17.6. The number of carbonyl (C=O) groups is 1. The summed E-state index contributed by atoms with van der Waals surface area (Å²) in [4.78, 5) is 29.4. The van der Waals surface area contributed by atoms with Gasteiger partial charge in [-0.1, -0.05) is 40.1 Å². The molecular weight excluding hydrogens is 398 g/mol. The Hall–Kier alpha value is -3.75. The Balaban J connectivity index is 1.43. The van der Waals surface area contributed by atoms with Gasteiger partial charge >= 0.3 is 0 Å². The first-order chi connectivity index (χ1) is 14.9. The summed E-state index contributed by atoms with van der Waals surface area (Å²) in [5, 5.41) is 11.1. The molecule has 4 rings (SSSR count). The van der Waals surface area contributed by atoms with Gasteiger partial charge in [0.1, 0.15) is 23.2 Å². The van der Waals surface area contributed by atoms with E-state index >= 15 is 0 Å². The molecule has 160 valence electrons. The average molecular weight is 421 g/mol. The fourth-order valence-corrected chi connectivity index (χ4v) is 3.44. The third-order valence-corrected chi connectivity index (χ3v) is 5.25. The van der Waals surface area contributed by atoms with Gasteiger partial charge in [-0.3, -0.25) is 14.2 Å². The van der Waals surface area contributed by atoms with Crippen molar-refractivity contribution in [3.05, 3.63) is 63.5 Å². The lowest BCUT2D eigenvalue weighted by atomic mass is 10.1. The zero-order chi connectivity index (χ0) is 22.0. The number of nitrogens with zero attached hydrogens (tertiary/aromatic N) is 4. The van der Waals surface area contributed by atoms with Crippen molar-refractivity contribution in [2.24, 2.45) is 0 Å². The largest absolute Gasteiger partial charge is 0.361 e. The van der Waals surface area contributed by atoms with Crippen LogP contribution in [0.4, 0.5) is 0 Å². The van der Waals surface area contributed by atoms with Gasteiger partial charge in [0.2, 0.25) is 5.91 Å². The summed E-state index contributed by atoms with van der Waals surface area (Å²) in [7, 11) is 0. The lowest BCUT2D eigenvalue weighted by molar-refractivity contribution is -0.121. The van der Waals surface area contributed by atoms with E-state index in [1.807, 2.05) is 45.0 Å². The molecule has 9 heteroatoms. The quantitative estimate of drug-likeness (QED) is 0.488. The van der Waals surface area contributed by atoms with E-state index in [2.05, 4.69) is 20.6 Å². The highest BCUT2D eigenvalue weighted by Crippen LogP contribution is 2.24. The van der Waals surface area contributed by atoms with Crippen LogP contribution in [0.15, 0.2) is 44.4 Å². The molecule has 1 N–H and O–H groups in total. The molecular formula is C22H23N5O4. The van der Waals surface area contributed by atoms with E-state index in [0.717, 1.165) is 28.1 Å². The van der Waals surface area contributed by atoms with Gasteiger partial charge in [0, 0.05) is 30.6 Å². The van der Waals surface area contributed by atoms with E-state index in [1.54, 1.807) is 0 Å². The standard InChI is InChI=1S/C22H23N5O4/c1-13-4-6-16(7-5-13)20-19-21(31-26-20)24-12-27(22(19)29)11-9-18(28)23-10-8-17-14(2)25-30-15(17)3/h4-7,12H,8-11H2,1-3H3,(H,23,28). The first-order valence-electron chi connectivity index (χ1n) is 10.0. The first kappa shape index (κ1) is 20.5. The SMILES string of the molecule is Cc1ccc(-c2noc3ncn(CCC(=O)NCCc4c(C)noc4C)c(=O)c23)cc1. The van der Waals surface area contributed by atoms with Gasteiger partial charge in [-0.15, -0.1) is 0 Å². The van der Waals surface area contributed by atoms with Crippen molar-refractivity contribution >= 4 is 17.0 Å². The van der Waals surface area contributed by atoms with E-state index in [4.69, 9.17) is 9.05 Å². The molecule has 1 aromatic carbocycles. The average Bonchev–Trinajstić information content (AvgIpc) is 3.33. The van der Waals surface area contributed by atoms with Crippen LogP contribution in [-0.2, 0) is 17.8 Å². The summed E-state index contributed by atoms with van der Waals surface area (Å²) in [6.45, 7) is 6.38. The van der Waals surface area contributed by atoms with Crippen molar-refractivity contribution < 1.29 is 13.8 Å². The minimum atomic E-state index is -0.287. The van der Waals surface area contributed by atoms with Gasteiger partial charge in [0.05, 0.1) is 5.69 Å². The lowest BCUT2D eigenvalue weighted by Gasteiger charge is -2.07. The molecule has 0 unspecified atom stereocenters. The third kappa shape index (κ3) is 4.25. The molecule has 3 aromatic heterocycles. The van der Waals surface area contributed by atoms with Gasteiger partial charge < -0.3 is 14.4 Å². The molecule has 0 aliphatic heterocycles. The second-order valence-electron chi connectivity index (χ2n) is 7.47. The molecule has 0 aliphatic carbocycles. The lowest BCUT2D eigenvalue weighted by Crippen LogP contribution is -2.29. The van der Waals surface area contributed by atoms with Crippen molar-refractivity contribution in [1.29, 1.82) is 0 Å². The molecule has 0 saturated carbocycles. The summed E-state index contributed by atoms with van der Waals surface area (Å²) >= 11 is 0. The van der Waals surface area contributed by atoms with E-state index in [-0.39, 0.29) is 30.1 Å². The van der Waals surface area contributed by atoms with Gasteiger partial charge in [0.15, 0.2) is 0 Å². The normalized spacial score (nSPS) is 11.2. The number of aryl methyl sites for hydroxylation is 4. The van der Waals surface area contributed by atoms with Crippen molar-refractivity contribution in [2.75, 3.05) is 6.54 Å². The highest BCUT2D eigenvalue weighted by Gasteiger charge is 2.17. The molecule has 0 fully saturated rings. The van der Waals surface area contributed by atoms with E-state index < -0.39 is 0 Å². The van der Waals surface area contributed by atoms with Gasteiger partial charge in [-0.25, -0.2) is 4.98 Å². The number of amides is 1. The van der Waals surface area contributed by atoms with E-state index in [9.17, 15) is 9.59 Å². The number of carbonyl (C=O) groups excluding carboxylic acids is 1. The van der Waals surface area contributed by atoms with Gasteiger partial charge in [-0.2, -0.15) is 0 Å². The maximum atomic E-state index is 13.0. The molecule has 0 saturated heterocycles. The van der Waals surface area contributed by atoms with E-state index in [0.29, 0.717) is 24.0 Å². The molecule has 3 heterocycles. The number of benzene rings is 1. The monoisotopic (exact) mass is 421 g/mol. The fraction of sp³-hybridized carbons (Fsp3) is 0.318. The molecule has 0 radical (unpaired) electrons. The fourth-order valence-electron chi connectivity index (χ4n) is 3.44.